The molecule has 1 aliphatic rings. The van der Waals surface area contributed by atoms with Crippen LogP contribution in [0.5, 0.6) is 0 Å². The van der Waals surface area contributed by atoms with Crippen molar-refractivity contribution in [1.82, 2.24) is 5.32 Å². The lowest BCUT2D eigenvalue weighted by Gasteiger charge is -2.33. The van der Waals surface area contributed by atoms with Crippen molar-refractivity contribution in [2.24, 2.45) is 5.92 Å². The zero-order chi connectivity index (χ0) is 12.5. The van der Waals surface area contributed by atoms with E-state index in [0.717, 1.165) is 18.0 Å². The predicted molar refractivity (Wildman–Crippen MR) is 77.4 cm³/mol. The van der Waals surface area contributed by atoms with Crippen LogP contribution in [0.3, 0.4) is 0 Å². The van der Waals surface area contributed by atoms with Gasteiger partial charge in [0.2, 0.25) is 0 Å². The van der Waals surface area contributed by atoms with Gasteiger partial charge in [-0.1, -0.05) is 52.9 Å². The summed E-state index contributed by atoms with van der Waals surface area (Å²) in [6.07, 6.45) is 14.0. The third-order valence-electron chi connectivity index (χ3n) is 4.38. The van der Waals surface area contributed by atoms with Gasteiger partial charge in [0, 0.05) is 12.1 Å². The molecule has 1 nitrogen and oxygen atoms in total. The first-order chi connectivity index (χ1) is 8.31. The van der Waals surface area contributed by atoms with E-state index in [-0.39, 0.29) is 0 Å². The molecule has 0 amide bonds. The zero-order valence-corrected chi connectivity index (χ0v) is 12.3. The van der Waals surface area contributed by atoms with Gasteiger partial charge in [-0.3, -0.25) is 0 Å². The summed E-state index contributed by atoms with van der Waals surface area (Å²) in [6.45, 7) is 6.99. The summed E-state index contributed by atoms with van der Waals surface area (Å²) < 4.78 is 0. The number of nitrogens with one attached hydrogen (secondary N) is 1. The quantitative estimate of drug-likeness (QED) is 0.635. The number of hydrogen-bond donors (Lipinski definition) is 1. The van der Waals surface area contributed by atoms with Crippen molar-refractivity contribution in [2.45, 2.75) is 97.1 Å². The van der Waals surface area contributed by atoms with Gasteiger partial charge in [0.1, 0.15) is 0 Å². The van der Waals surface area contributed by atoms with E-state index in [0.29, 0.717) is 0 Å². The van der Waals surface area contributed by atoms with Crippen LogP contribution in [0, 0.1) is 5.92 Å². The Labute approximate surface area is 109 Å². The molecule has 17 heavy (non-hydrogen) atoms. The molecule has 1 aliphatic carbocycles. The maximum Gasteiger partial charge on any atom is 0.00952 e. The summed E-state index contributed by atoms with van der Waals surface area (Å²) >= 11 is 0. The van der Waals surface area contributed by atoms with Crippen molar-refractivity contribution in [3.05, 3.63) is 0 Å². The van der Waals surface area contributed by atoms with Crippen LogP contribution in [0.4, 0.5) is 0 Å². The Hall–Kier alpha value is -0.0400. The molecule has 1 fully saturated rings. The maximum atomic E-state index is 3.98. The lowest BCUT2D eigenvalue weighted by atomic mass is 9.82. The van der Waals surface area contributed by atoms with Gasteiger partial charge in [0.15, 0.2) is 0 Å². The van der Waals surface area contributed by atoms with Gasteiger partial charge in [0.05, 0.1) is 0 Å². The highest BCUT2D eigenvalue weighted by Gasteiger charge is 2.23. The van der Waals surface area contributed by atoms with Gasteiger partial charge in [-0.15, -0.1) is 0 Å². The summed E-state index contributed by atoms with van der Waals surface area (Å²) in [6, 6.07) is 1.57. The molecule has 0 heterocycles. The summed E-state index contributed by atoms with van der Waals surface area (Å²) in [7, 11) is 0. The molecule has 0 spiro atoms. The molecule has 0 bridgehead atoms. The Morgan fingerprint density at radius 3 is 2.00 bits per heavy atom. The lowest BCUT2D eigenvalue weighted by Crippen LogP contribution is -2.43. The molecule has 1 unspecified atom stereocenters. The Kier molecular flexibility index (Phi) is 7.92. The van der Waals surface area contributed by atoms with E-state index in [1.165, 1.54) is 64.2 Å². The standard InChI is InChI=1S/C16H33N/c1-4-10-15(11-5-2)17-16(6-3)14-12-8-7-9-13-14/h14-17H,4-13H2,1-3H3. The van der Waals surface area contributed by atoms with Crippen LogP contribution < -0.4 is 5.32 Å². The second-order valence-corrected chi connectivity index (χ2v) is 5.85. The van der Waals surface area contributed by atoms with Crippen LogP contribution >= 0.6 is 0 Å². The van der Waals surface area contributed by atoms with E-state index in [1.807, 2.05) is 0 Å². The number of hydrogen-bond acceptors (Lipinski definition) is 1. The molecule has 0 aromatic heterocycles. The fraction of sp³-hybridized carbons (Fsp3) is 1.00. The molecular weight excluding hydrogens is 206 g/mol. The minimum Gasteiger partial charge on any atom is -0.311 e. The Bertz CT molecular complexity index is 166. The highest BCUT2D eigenvalue weighted by atomic mass is 15.0. The molecule has 1 saturated carbocycles. The van der Waals surface area contributed by atoms with E-state index in [9.17, 15) is 0 Å². The van der Waals surface area contributed by atoms with E-state index in [2.05, 4.69) is 26.1 Å². The molecule has 0 radical (unpaired) electrons. The first-order valence-electron chi connectivity index (χ1n) is 8.07. The van der Waals surface area contributed by atoms with Crippen LogP contribution in [0.1, 0.15) is 85.0 Å². The van der Waals surface area contributed by atoms with Crippen molar-refractivity contribution in [3.63, 3.8) is 0 Å². The molecule has 102 valence electrons. The molecule has 1 rings (SSSR count). The van der Waals surface area contributed by atoms with Gasteiger partial charge in [0.25, 0.3) is 0 Å². The average molecular weight is 239 g/mol. The zero-order valence-electron chi connectivity index (χ0n) is 12.3. The Morgan fingerprint density at radius 1 is 0.941 bits per heavy atom. The number of rotatable bonds is 8. The first-order valence-corrected chi connectivity index (χ1v) is 8.07. The highest BCUT2D eigenvalue weighted by Crippen LogP contribution is 2.28. The Morgan fingerprint density at radius 2 is 1.53 bits per heavy atom. The fourth-order valence-electron chi connectivity index (χ4n) is 3.43. The molecule has 0 saturated heterocycles. The first kappa shape index (κ1) is 15.0. The van der Waals surface area contributed by atoms with Crippen molar-refractivity contribution < 1.29 is 0 Å². The molecule has 0 aromatic carbocycles. The van der Waals surface area contributed by atoms with Crippen molar-refractivity contribution in [1.29, 1.82) is 0 Å². The Balaban J connectivity index is 2.41. The molecular formula is C16H33N. The molecule has 0 aliphatic heterocycles. The van der Waals surface area contributed by atoms with Crippen molar-refractivity contribution >= 4 is 0 Å². The van der Waals surface area contributed by atoms with Crippen LogP contribution in [0.2, 0.25) is 0 Å². The van der Waals surface area contributed by atoms with Gasteiger partial charge in [-0.2, -0.15) is 0 Å². The molecule has 1 N–H and O–H groups in total. The molecule has 1 heteroatoms. The van der Waals surface area contributed by atoms with Crippen LogP contribution in [0.25, 0.3) is 0 Å². The minimum absolute atomic E-state index is 0.775. The van der Waals surface area contributed by atoms with E-state index >= 15 is 0 Å². The van der Waals surface area contributed by atoms with E-state index in [4.69, 9.17) is 0 Å². The average Bonchev–Trinajstić information content (AvgIpc) is 2.37. The van der Waals surface area contributed by atoms with Crippen molar-refractivity contribution in [3.8, 4) is 0 Å². The summed E-state index contributed by atoms with van der Waals surface area (Å²) in [5.41, 5.74) is 0. The summed E-state index contributed by atoms with van der Waals surface area (Å²) in [5, 5.41) is 3.98. The normalized spacial score (nSPS) is 19.8. The van der Waals surface area contributed by atoms with Crippen LogP contribution in [-0.2, 0) is 0 Å². The molecule has 1 atom stereocenters. The van der Waals surface area contributed by atoms with E-state index in [1.54, 1.807) is 0 Å². The summed E-state index contributed by atoms with van der Waals surface area (Å²) in [4.78, 5) is 0. The van der Waals surface area contributed by atoms with Crippen LogP contribution in [-0.4, -0.2) is 12.1 Å². The largest absolute Gasteiger partial charge is 0.311 e. The monoisotopic (exact) mass is 239 g/mol. The van der Waals surface area contributed by atoms with Gasteiger partial charge >= 0.3 is 0 Å². The van der Waals surface area contributed by atoms with Gasteiger partial charge in [-0.05, 0) is 38.0 Å². The predicted octanol–water partition coefficient (Wildman–Crippen LogP) is 4.90. The highest BCUT2D eigenvalue weighted by molar-refractivity contribution is 4.81. The third kappa shape index (κ3) is 5.42. The fourth-order valence-corrected chi connectivity index (χ4v) is 3.43. The van der Waals surface area contributed by atoms with Crippen LogP contribution in [0.15, 0.2) is 0 Å². The second-order valence-electron chi connectivity index (χ2n) is 5.85. The second kappa shape index (κ2) is 8.97. The van der Waals surface area contributed by atoms with Gasteiger partial charge in [-0.25, -0.2) is 0 Å². The molecule has 0 aromatic rings. The smallest absolute Gasteiger partial charge is 0.00952 e. The SMILES string of the molecule is CCCC(CCC)NC(CC)C1CCCCC1. The summed E-state index contributed by atoms with van der Waals surface area (Å²) in [5.74, 6) is 0.963. The topological polar surface area (TPSA) is 12.0 Å². The van der Waals surface area contributed by atoms with Crippen molar-refractivity contribution in [2.75, 3.05) is 0 Å². The minimum atomic E-state index is 0.775. The third-order valence-corrected chi connectivity index (χ3v) is 4.38. The van der Waals surface area contributed by atoms with E-state index < -0.39 is 0 Å². The lowest BCUT2D eigenvalue weighted by molar-refractivity contribution is 0.237. The van der Waals surface area contributed by atoms with Gasteiger partial charge < -0.3 is 5.32 Å². The maximum absolute atomic E-state index is 3.98.